The quantitative estimate of drug-likeness (QED) is 0.549. The Bertz CT molecular complexity index is 1080. The van der Waals surface area contributed by atoms with E-state index in [2.05, 4.69) is 67.7 Å². The van der Waals surface area contributed by atoms with Gasteiger partial charge in [0.15, 0.2) is 11.5 Å². The fraction of sp³-hybridized carbons (Fsp3) is 0.321. The van der Waals surface area contributed by atoms with Gasteiger partial charge in [0.1, 0.15) is 0 Å². The molecule has 0 saturated heterocycles. The van der Waals surface area contributed by atoms with Crippen LogP contribution in [0.2, 0.25) is 0 Å². The molecule has 1 aliphatic rings. The lowest BCUT2D eigenvalue weighted by Crippen LogP contribution is -2.30. The third-order valence-electron chi connectivity index (χ3n) is 6.50. The van der Waals surface area contributed by atoms with Crippen molar-refractivity contribution in [2.75, 3.05) is 20.8 Å². The maximum atomic E-state index is 13.2. The molecule has 0 radical (unpaired) electrons. The van der Waals surface area contributed by atoms with Gasteiger partial charge in [-0.1, -0.05) is 65.7 Å². The van der Waals surface area contributed by atoms with E-state index in [1.807, 2.05) is 18.2 Å². The van der Waals surface area contributed by atoms with Crippen molar-refractivity contribution < 1.29 is 14.3 Å². The largest absolute Gasteiger partial charge is 0.493 e. The van der Waals surface area contributed by atoms with Crippen LogP contribution in [0, 0.1) is 19.8 Å². The highest BCUT2D eigenvalue weighted by Gasteiger charge is 2.60. The van der Waals surface area contributed by atoms with Gasteiger partial charge >= 0.3 is 0 Å². The van der Waals surface area contributed by atoms with Crippen LogP contribution in [0.15, 0.2) is 66.7 Å². The molecule has 1 fully saturated rings. The molecule has 1 amide bonds. The van der Waals surface area contributed by atoms with Gasteiger partial charge in [-0.25, -0.2) is 0 Å². The molecule has 0 heterocycles. The van der Waals surface area contributed by atoms with Gasteiger partial charge in [0.25, 0.3) is 0 Å². The number of aryl methyl sites for hydroxylation is 2. The summed E-state index contributed by atoms with van der Waals surface area (Å²) in [6.07, 6.45) is 1.57. The monoisotopic (exact) mass is 429 g/mol. The van der Waals surface area contributed by atoms with E-state index in [4.69, 9.17) is 9.47 Å². The second-order valence-electron chi connectivity index (χ2n) is 8.70. The van der Waals surface area contributed by atoms with Gasteiger partial charge in [-0.15, -0.1) is 0 Å². The van der Waals surface area contributed by atoms with Gasteiger partial charge in [-0.2, -0.15) is 0 Å². The van der Waals surface area contributed by atoms with Gasteiger partial charge in [0.05, 0.1) is 20.1 Å². The molecular formula is C28H31NO3. The average molecular weight is 430 g/mol. The minimum absolute atomic E-state index is 0.0588. The predicted octanol–water partition coefficient (Wildman–Crippen LogP) is 4.99. The van der Waals surface area contributed by atoms with Crippen molar-refractivity contribution in [1.29, 1.82) is 0 Å². The Kier molecular flexibility index (Phi) is 6.22. The molecule has 1 unspecified atom stereocenters. The predicted molar refractivity (Wildman–Crippen MR) is 128 cm³/mol. The van der Waals surface area contributed by atoms with Gasteiger partial charge in [-0.05, 0) is 55.5 Å². The van der Waals surface area contributed by atoms with Crippen LogP contribution < -0.4 is 14.8 Å². The highest BCUT2D eigenvalue weighted by atomic mass is 16.5. The van der Waals surface area contributed by atoms with E-state index in [1.54, 1.807) is 14.2 Å². The van der Waals surface area contributed by atoms with Crippen LogP contribution >= 0.6 is 0 Å². The van der Waals surface area contributed by atoms with Crippen LogP contribution in [-0.4, -0.2) is 26.7 Å². The lowest BCUT2D eigenvalue weighted by atomic mass is 9.84. The topological polar surface area (TPSA) is 47.6 Å². The molecular weight excluding hydrogens is 398 g/mol. The Hall–Kier alpha value is -3.27. The standard InChI is InChI=1S/C28H31NO3/c1-19-7-5-9-22(15-19)28(23-10-6-8-20(2)16-23)18-24(28)27(30)29-14-13-21-11-12-25(31-3)26(17-21)32-4/h5-12,15-17,24H,13-14,18H2,1-4H3,(H,29,30). The van der Waals surface area contributed by atoms with Crippen molar-refractivity contribution in [1.82, 2.24) is 5.32 Å². The summed E-state index contributed by atoms with van der Waals surface area (Å²) in [7, 11) is 3.26. The molecule has 4 rings (SSSR count). The number of nitrogens with one attached hydrogen (secondary N) is 1. The van der Waals surface area contributed by atoms with Crippen molar-refractivity contribution in [2.45, 2.75) is 32.1 Å². The number of amides is 1. The smallest absolute Gasteiger partial charge is 0.224 e. The average Bonchev–Trinajstić information content (AvgIpc) is 3.56. The zero-order chi connectivity index (χ0) is 22.7. The highest BCUT2D eigenvalue weighted by molar-refractivity contribution is 5.86. The first kappa shape index (κ1) is 21.9. The lowest BCUT2D eigenvalue weighted by molar-refractivity contribution is -0.122. The minimum atomic E-state index is -0.245. The second kappa shape index (κ2) is 9.07. The van der Waals surface area contributed by atoms with E-state index in [9.17, 15) is 4.79 Å². The van der Waals surface area contributed by atoms with Crippen molar-refractivity contribution in [3.63, 3.8) is 0 Å². The summed E-state index contributed by atoms with van der Waals surface area (Å²) in [4.78, 5) is 13.2. The third kappa shape index (κ3) is 4.22. The van der Waals surface area contributed by atoms with E-state index < -0.39 is 0 Å². The summed E-state index contributed by atoms with van der Waals surface area (Å²) in [5.74, 6) is 1.47. The van der Waals surface area contributed by atoms with Crippen molar-refractivity contribution in [3.8, 4) is 11.5 Å². The van der Waals surface area contributed by atoms with Crippen LogP contribution in [0.3, 0.4) is 0 Å². The number of carbonyl (C=O) groups is 1. The molecule has 0 aromatic heterocycles. The second-order valence-corrected chi connectivity index (χ2v) is 8.70. The fourth-order valence-electron chi connectivity index (χ4n) is 4.72. The molecule has 1 N–H and O–H groups in total. The molecule has 0 aliphatic heterocycles. The summed E-state index contributed by atoms with van der Waals surface area (Å²) in [5, 5.41) is 3.17. The van der Waals surface area contributed by atoms with Gasteiger partial charge in [-0.3, -0.25) is 4.79 Å². The number of hydrogen-bond donors (Lipinski definition) is 1. The molecule has 1 atom stereocenters. The van der Waals surface area contributed by atoms with Gasteiger partial charge in [0.2, 0.25) is 5.91 Å². The summed E-state index contributed by atoms with van der Waals surface area (Å²) in [6.45, 7) is 4.80. The number of benzene rings is 3. The van der Waals surface area contributed by atoms with Gasteiger partial charge in [0, 0.05) is 12.0 Å². The first-order valence-electron chi connectivity index (χ1n) is 11.1. The zero-order valence-electron chi connectivity index (χ0n) is 19.3. The molecule has 32 heavy (non-hydrogen) atoms. The Morgan fingerprint density at radius 1 is 0.906 bits per heavy atom. The van der Waals surface area contributed by atoms with E-state index in [1.165, 1.54) is 22.3 Å². The van der Waals surface area contributed by atoms with E-state index in [0.29, 0.717) is 18.0 Å². The Morgan fingerprint density at radius 2 is 1.53 bits per heavy atom. The maximum absolute atomic E-state index is 13.2. The number of ether oxygens (including phenoxy) is 2. The number of rotatable bonds is 8. The van der Waals surface area contributed by atoms with Crippen LogP contribution in [0.4, 0.5) is 0 Å². The Morgan fingerprint density at radius 3 is 2.09 bits per heavy atom. The van der Waals surface area contributed by atoms with Crippen LogP contribution in [0.25, 0.3) is 0 Å². The molecule has 0 spiro atoms. The van der Waals surface area contributed by atoms with Crippen molar-refractivity contribution in [2.24, 2.45) is 5.92 Å². The third-order valence-corrected chi connectivity index (χ3v) is 6.50. The van der Waals surface area contributed by atoms with Crippen LogP contribution in [0.1, 0.15) is 34.2 Å². The van der Waals surface area contributed by atoms with Crippen molar-refractivity contribution in [3.05, 3.63) is 94.5 Å². The maximum Gasteiger partial charge on any atom is 0.224 e. The highest BCUT2D eigenvalue weighted by Crippen LogP contribution is 2.59. The number of hydrogen-bond acceptors (Lipinski definition) is 3. The molecule has 1 saturated carbocycles. The summed E-state index contributed by atoms with van der Waals surface area (Å²) in [6, 6.07) is 23.0. The fourth-order valence-corrected chi connectivity index (χ4v) is 4.72. The molecule has 4 heteroatoms. The van der Waals surface area contributed by atoms with E-state index in [0.717, 1.165) is 18.4 Å². The molecule has 3 aromatic rings. The minimum Gasteiger partial charge on any atom is -0.493 e. The molecule has 1 aliphatic carbocycles. The molecule has 3 aromatic carbocycles. The summed E-state index contributed by atoms with van der Waals surface area (Å²) in [5.41, 5.74) is 5.74. The molecule has 166 valence electrons. The lowest BCUT2D eigenvalue weighted by Gasteiger charge is -2.20. The Balaban J connectivity index is 1.49. The summed E-state index contributed by atoms with van der Waals surface area (Å²) < 4.78 is 10.7. The first-order chi connectivity index (χ1) is 15.5. The van der Waals surface area contributed by atoms with Crippen LogP contribution in [-0.2, 0) is 16.6 Å². The van der Waals surface area contributed by atoms with Crippen molar-refractivity contribution >= 4 is 5.91 Å². The number of carbonyl (C=O) groups excluding carboxylic acids is 1. The zero-order valence-corrected chi connectivity index (χ0v) is 19.3. The van der Waals surface area contributed by atoms with E-state index in [-0.39, 0.29) is 17.2 Å². The summed E-state index contributed by atoms with van der Waals surface area (Å²) >= 11 is 0. The van der Waals surface area contributed by atoms with Gasteiger partial charge < -0.3 is 14.8 Å². The molecule has 4 nitrogen and oxygen atoms in total. The number of methoxy groups -OCH3 is 2. The van der Waals surface area contributed by atoms with Crippen LogP contribution in [0.5, 0.6) is 11.5 Å². The SMILES string of the molecule is COc1ccc(CCNC(=O)C2CC2(c2cccc(C)c2)c2cccc(C)c2)cc1OC. The normalized spacial score (nSPS) is 16.3. The molecule has 0 bridgehead atoms. The van der Waals surface area contributed by atoms with E-state index >= 15 is 0 Å². The first-order valence-corrected chi connectivity index (χ1v) is 11.1. The Labute approximate surface area is 190 Å².